The number of aryl methyl sites for hydroxylation is 1. The molecule has 0 fully saturated rings. The maximum absolute atomic E-state index is 13.0. The molecule has 1 atom stereocenters. The molecule has 0 nitrogen and oxygen atoms in total. The van der Waals surface area contributed by atoms with Crippen LogP contribution >= 0.6 is 0 Å². The lowest BCUT2D eigenvalue weighted by molar-refractivity contribution is -0.163. The molecule has 1 aromatic rings. The highest BCUT2D eigenvalue weighted by molar-refractivity contribution is 5.76. The molecule has 1 aromatic carbocycles. The number of halogens is 6. The Balaban J connectivity index is 0.00000139. The van der Waals surface area contributed by atoms with E-state index in [1.165, 1.54) is 6.07 Å². The smallest absolute Gasteiger partial charge is 0.170 e. The fourth-order valence-electron chi connectivity index (χ4n) is 2.40. The molecule has 0 aliphatic heterocycles. The normalized spacial score (nSPS) is 18.8. The van der Waals surface area contributed by atoms with Gasteiger partial charge in [-0.1, -0.05) is 49.8 Å². The zero-order valence-electron chi connectivity index (χ0n) is 13.7. The summed E-state index contributed by atoms with van der Waals surface area (Å²) < 4.78 is 77.7. The average molecular weight is 350 g/mol. The van der Waals surface area contributed by atoms with E-state index in [0.717, 1.165) is 17.7 Å². The first-order valence-electron chi connectivity index (χ1n) is 7.71. The Labute approximate surface area is 137 Å². The number of hydrogen-bond acceptors (Lipinski definition) is 0. The minimum absolute atomic E-state index is 0.0316. The second kappa shape index (κ2) is 7.90. The molecule has 0 bridgehead atoms. The van der Waals surface area contributed by atoms with E-state index < -0.39 is 36.7 Å². The van der Waals surface area contributed by atoms with Gasteiger partial charge >= 0.3 is 12.4 Å². The minimum Gasteiger partial charge on any atom is -0.170 e. The van der Waals surface area contributed by atoms with Gasteiger partial charge in [0.25, 0.3) is 0 Å². The quantitative estimate of drug-likeness (QED) is 0.485. The van der Waals surface area contributed by atoms with Gasteiger partial charge in [0.15, 0.2) is 0 Å². The Bertz CT molecular complexity index is 605. The lowest BCUT2D eigenvalue weighted by Gasteiger charge is -2.16. The predicted molar refractivity (Wildman–Crippen MR) is 83.4 cm³/mol. The molecule has 0 aromatic heterocycles. The predicted octanol–water partition coefficient (Wildman–Crippen LogP) is 6.87. The number of allylic oxidation sites excluding steroid dienone is 4. The van der Waals surface area contributed by atoms with Gasteiger partial charge in [-0.2, -0.15) is 26.3 Å². The van der Waals surface area contributed by atoms with Crippen LogP contribution in [0.15, 0.2) is 42.0 Å². The first-order chi connectivity index (χ1) is 11.1. The van der Waals surface area contributed by atoms with Crippen molar-refractivity contribution in [2.24, 2.45) is 5.92 Å². The largest absolute Gasteiger partial charge is 0.412 e. The van der Waals surface area contributed by atoms with Crippen LogP contribution in [-0.2, 0) is 0 Å². The SMILES string of the molecule is CC.Cc1cccc(C2=CC(C(F)(F)F)CCC(C(F)(F)F)=C2)c1. The molecule has 0 N–H and O–H groups in total. The molecule has 24 heavy (non-hydrogen) atoms. The highest BCUT2D eigenvalue weighted by Gasteiger charge is 2.42. The van der Waals surface area contributed by atoms with E-state index in [2.05, 4.69) is 0 Å². The standard InChI is InChI=1S/C16H14F6.C2H6/c1-10-3-2-4-11(7-10)12-8-13(15(17,18)19)5-6-14(9-12)16(20,21)22;1-2/h2-4,7-9,13H,5-6H2,1H3;1-2H3. The Hall–Kier alpha value is -1.72. The van der Waals surface area contributed by atoms with Gasteiger partial charge in [-0.05, 0) is 37.0 Å². The van der Waals surface area contributed by atoms with Crippen LogP contribution in [-0.4, -0.2) is 12.4 Å². The van der Waals surface area contributed by atoms with E-state index in [1.807, 2.05) is 13.8 Å². The van der Waals surface area contributed by atoms with Gasteiger partial charge in [-0.3, -0.25) is 0 Å². The third-order valence-electron chi connectivity index (χ3n) is 3.57. The lowest BCUT2D eigenvalue weighted by atomic mass is 9.98. The summed E-state index contributed by atoms with van der Waals surface area (Å²) in [6, 6.07) is 6.44. The summed E-state index contributed by atoms with van der Waals surface area (Å²) in [5.41, 5.74) is 0.175. The van der Waals surface area contributed by atoms with Crippen molar-refractivity contribution in [3.63, 3.8) is 0 Å². The molecule has 0 radical (unpaired) electrons. The van der Waals surface area contributed by atoms with Crippen molar-refractivity contribution in [3.05, 3.63) is 53.1 Å². The highest BCUT2D eigenvalue weighted by atomic mass is 19.4. The Morgan fingerprint density at radius 3 is 2.12 bits per heavy atom. The maximum Gasteiger partial charge on any atom is 0.412 e. The second-order valence-electron chi connectivity index (χ2n) is 5.35. The Morgan fingerprint density at radius 2 is 1.62 bits per heavy atom. The number of rotatable bonds is 1. The number of alkyl halides is 6. The molecule has 2 rings (SSSR count). The van der Waals surface area contributed by atoms with Crippen molar-refractivity contribution in [2.75, 3.05) is 0 Å². The molecule has 0 saturated heterocycles. The third-order valence-corrected chi connectivity index (χ3v) is 3.57. The van der Waals surface area contributed by atoms with Crippen LogP contribution in [0.2, 0.25) is 0 Å². The second-order valence-corrected chi connectivity index (χ2v) is 5.35. The van der Waals surface area contributed by atoms with Crippen LogP contribution in [0.1, 0.15) is 37.8 Å². The van der Waals surface area contributed by atoms with Crippen LogP contribution in [0.5, 0.6) is 0 Å². The average Bonchev–Trinajstić information content (AvgIpc) is 2.72. The fraction of sp³-hybridized carbons (Fsp3) is 0.444. The summed E-state index contributed by atoms with van der Waals surface area (Å²) in [5, 5.41) is 0. The molecule has 0 amide bonds. The van der Waals surface area contributed by atoms with E-state index >= 15 is 0 Å². The maximum atomic E-state index is 13.0. The molecule has 1 aliphatic carbocycles. The van der Waals surface area contributed by atoms with E-state index in [0.29, 0.717) is 5.56 Å². The zero-order valence-corrected chi connectivity index (χ0v) is 13.7. The van der Waals surface area contributed by atoms with Gasteiger partial charge in [-0.25, -0.2) is 0 Å². The van der Waals surface area contributed by atoms with E-state index in [4.69, 9.17) is 0 Å². The highest BCUT2D eigenvalue weighted by Crippen LogP contribution is 2.41. The molecular formula is C18H20F6. The minimum atomic E-state index is -4.62. The first-order valence-corrected chi connectivity index (χ1v) is 7.71. The number of hydrogen-bond donors (Lipinski definition) is 0. The first kappa shape index (κ1) is 20.3. The Morgan fingerprint density at radius 1 is 1.00 bits per heavy atom. The van der Waals surface area contributed by atoms with Crippen LogP contribution in [0.25, 0.3) is 5.57 Å². The third kappa shape index (κ3) is 5.42. The van der Waals surface area contributed by atoms with Crippen LogP contribution in [0.3, 0.4) is 0 Å². The molecular weight excluding hydrogens is 330 g/mol. The van der Waals surface area contributed by atoms with Gasteiger partial charge < -0.3 is 0 Å². The summed E-state index contributed by atoms with van der Waals surface area (Å²) in [5.74, 6) is -1.88. The van der Waals surface area contributed by atoms with Crippen LogP contribution in [0.4, 0.5) is 26.3 Å². The molecule has 1 unspecified atom stereocenters. The van der Waals surface area contributed by atoms with E-state index in [9.17, 15) is 26.3 Å². The summed E-state index contributed by atoms with van der Waals surface area (Å²) >= 11 is 0. The molecule has 6 heteroatoms. The van der Waals surface area contributed by atoms with E-state index in [1.54, 1.807) is 25.1 Å². The summed E-state index contributed by atoms with van der Waals surface area (Å²) in [4.78, 5) is 0. The molecule has 0 heterocycles. The van der Waals surface area contributed by atoms with Gasteiger partial charge in [0.1, 0.15) is 0 Å². The monoisotopic (exact) mass is 350 g/mol. The van der Waals surface area contributed by atoms with Crippen molar-refractivity contribution >= 4 is 5.57 Å². The van der Waals surface area contributed by atoms with Gasteiger partial charge in [-0.15, -0.1) is 0 Å². The van der Waals surface area contributed by atoms with Crippen LogP contribution in [0, 0.1) is 12.8 Å². The fourth-order valence-corrected chi connectivity index (χ4v) is 2.40. The lowest BCUT2D eigenvalue weighted by Crippen LogP contribution is -2.21. The van der Waals surface area contributed by atoms with Gasteiger partial charge in [0.2, 0.25) is 0 Å². The zero-order chi connectivity index (χ0) is 18.5. The number of benzene rings is 1. The van der Waals surface area contributed by atoms with E-state index in [-0.39, 0.29) is 5.57 Å². The van der Waals surface area contributed by atoms with Crippen molar-refractivity contribution in [1.29, 1.82) is 0 Å². The van der Waals surface area contributed by atoms with Crippen molar-refractivity contribution in [2.45, 2.75) is 46.0 Å². The van der Waals surface area contributed by atoms with Crippen molar-refractivity contribution < 1.29 is 26.3 Å². The van der Waals surface area contributed by atoms with Crippen molar-refractivity contribution in [3.8, 4) is 0 Å². The molecule has 0 spiro atoms. The van der Waals surface area contributed by atoms with Crippen molar-refractivity contribution in [1.82, 2.24) is 0 Å². The van der Waals surface area contributed by atoms with Gasteiger partial charge in [0.05, 0.1) is 5.92 Å². The van der Waals surface area contributed by atoms with Gasteiger partial charge in [0, 0.05) is 5.57 Å². The molecule has 134 valence electrons. The summed E-state index contributed by atoms with van der Waals surface area (Å²) in [6.45, 7) is 5.73. The molecule has 0 saturated carbocycles. The topological polar surface area (TPSA) is 0 Å². The molecule has 1 aliphatic rings. The van der Waals surface area contributed by atoms with Crippen LogP contribution < -0.4 is 0 Å². The summed E-state index contributed by atoms with van der Waals surface area (Å²) in [6.07, 6.45) is -8.68. The Kier molecular flexibility index (Phi) is 6.69. The summed E-state index contributed by atoms with van der Waals surface area (Å²) in [7, 11) is 0.